The van der Waals surface area contributed by atoms with Gasteiger partial charge in [-0.1, -0.05) is 6.92 Å². The first-order valence-corrected chi connectivity index (χ1v) is 7.51. The number of imidazole rings is 1. The van der Waals surface area contributed by atoms with Crippen molar-refractivity contribution in [2.45, 2.75) is 51.2 Å². The summed E-state index contributed by atoms with van der Waals surface area (Å²) in [6.45, 7) is 2.64. The molecule has 1 aromatic heterocycles. The number of aliphatic hydroxyl groups excluding tert-OH is 1. The third-order valence-corrected chi connectivity index (χ3v) is 4.12. The maximum absolute atomic E-state index is 11.2. The minimum atomic E-state index is -0.925. The van der Waals surface area contributed by atoms with Gasteiger partial charge in [0.05, 0.1) is 22.7 Å². The van der Waals surface area contributed by atoms with E-state index in [1.165, 1.54) is 0 Å². The second-order valence-electron chi connectivity index (χ2n) is 5.76. The summed E-state index contributed by atoms with van der Waals surface area (Å²) < 4.78 is 2.10. The van der Waals surface area contributed by atoms with Gasteiger partial charge in [0.15, 0.2) is 0 Å². The molecule has 1 aliphatic rings. The highest BCUT2D eigenvalue weighted by molar-refractivity contribution is 5.92. The van der Waals surface area contributed by atoms with Crippen molar-refractivity contribution in [1.29, 1.82) is 0 Å². The van der Waals surface area contributed by atoms with E-state index in [4.69, 9.17) is 5.11 Å². The molecule has 112 valence electrons. The number of aliphatic hydroxyl groups is 1. The van der Waals surface area contributed by atoms with Crippen LogP contribution < -0.4 is 0 Å². The molecule has 1 saturated carbocycles. The Morgan fingerprint density at radius 1 is 1.48 bits per heavy atom. The average molecular weight is 288 g/mol. The van der Waals surface area contributed by atoms with Crippen LogP contribution >= 0.6 is 0 Å². The number of nitrogens with zero attached hydrogens (tertiary/aromatic N) is 2. The van der Waals surface area contributed by atoms with Gasteiger partial charge in [0.1, 0.15) is 5.82 Å². The number of carboxylic acids is 1. The minimum absolute atomic E-state index is 0.280. The number of aryl methyl sites for hydroxylation is 1. The summed E-state index contributed by atoms with van der Waals surface area (Å²) in [5.41, 5.74) is 1.98. The summed E-state index contributed by atoms with van der Waals surface area (Å²) in [7, 11) is 0. The molecule has 0 saturated heterocycles. The predicted molar refractivity (Wildman–Crippen MR) is 79.6 cm³/mol. The van der Waals surface area contributed by atoms with Crippen molar-refractivity contribution in [3.8, 4) is 0 Å². The topological polar surface area (TPSA) is 75.3 Å². The second-order valence-corrected chi connectivity index (χ2v) is 5.76. The molecule has 0 bridgehead atoms. The number of fused-ring (bicyclic) bond motifs is 1. The molecule has 21 heavy (non-hydrogen) atoms. The zero-order valence-corrected chi connectivity index (χ0v) is 12.1. The number of hydrogen-bond acceptors (Lipinski definition) is 3. The van der Waals surface area contributed by atoms with Gasteiger partial charge in [0, 0.05) is 12.5 Å². The normalized spacial score (nSPS) is 16.3. The summed E-state index contributed by atoms with van der Waals surface area (Å²) in [5, 5.41) is 18.9. The van der Waals surface area contributed by atoms with Crippen LogP contribution in [-0.2, 0) is 6.54 Å². The molecule has 1 fully saturated rings. The lowest BCUT2D eigenvalue weighted by molar-refractivity contribution is 0.0697. The molecule has 3 rings (SSSR count). The van der Waals surface area contributed by atoms with E-state index in [1.807, 2.05) is 6.92 Å². The van der Waals surface area contributed by atoms with Crippen LogP contribution in [0.25, 0.3) is 11.0 Å². The SMILES string of the molecule is CCC(O)CCn1c(C2CC2)nc2ccc(C(=O)O)cc21. The van der Waals surface area contributed by atoms with Gasteiger partial charge < -0.3 is 14.8 Å². The number of carbonyl (C=O) groups is 1. The molecular weight excluding hydrogens is 268 g/mol. The fraction of sp³-hybridized carbons (Fsp3) is 0.500. The number of benzene rings is 1. The number of carboxylic acid groups (broad SMARTS) is 1. The molecule has 2 N–H and O–H groups in total. The zero-order chi connectivity index (χ0) is 15.0. The summed E-state index contributed by atoms with van der Waals surface area (Å²) >= 11 is 0. The number of aromatic nitrogens is 2. The number of rotatable bonds is 6. The van der Waals surface area contributed by atoms with Crippen molar-refractivity contribution in [2.24, 2.45) is 0 Å². The molecule has 0 aliphatic heterocycles. The average Bonchev–Trinajstić information content (AvgIpc) is 3.26. The molecule has 1 atom stereocenters. The van der Waals surface area contributed by atoms with Gasteiger partial charge in [-0.25, -0.2) is 9.78 Å². The molecule has 5 heteroatoms. The number of hydrogen-bond donors (Lipinski definition) is 2. The van der Waals surface area contributed by atoms with Crippen LogP contribution in [0.15, 0.2) is 18.2 Å². The van der Waals surface area contributed by atoms with Crippen LogP contribution in [0.4, 0.5) is 0 Å². The lowest BCUT2D eigenvalue weighted by atomic mass is 10.2. The quantitative estimate of drug-likeness (QED) is 0.857. The summed E-state index contributed by atoms with van der Waals surface area (Å²) in [6, 6.07) is 5.06. The Kier molecular flexibility index (Phi) is 3.68. The fourth-order valence-electron chi connectivity index (χ4n) is 2.64. The van der Waals surface area contributed by atoms with Gasteiger partial charge in [0.25, 0.3) is 0 Å². The Labute approximate surface area is 123 Å². The minimum Gasteiger partial charge on any atom is -0.478 e. The zero-order valence-electron chi connectivity index (χ0n) is 12.1. The maximum Gasteiger partial charge on any atom is 0.335 e. The van der Waals surface area contributed by atoms with E-state index in [1.54, 1.807) is 18.2 Å². The van der Waals surface area contributed by atoms with Crippen LogP contribution in [0.5, 0.6) is 0 Å². The first-order valence-electron chi connectivity index (χ1n) is 7.51. The van der Waals surface area contributed by atoms with Crippen molar-refractivity contribution in [3.05, 3.63) is 29.6 Å². The first-order chi connectivity index (χ1) is 10.1. The largest absolute Gasteiger partial charge is 0.478 e. The highest BCUT2D eigenvalue weighted by atomic mass is 16.4. The fourth-order valence-corrected chi connectivity index (χ4v) is 2.64. The number of aromatic carboxylic acids is 1. The monoisotopic (exact) mass is 288 g/mol. The van der Waals surface area contributed by atoms with Crippen LogP contribution in [0, 0.1) is 0 Å². The highest BCUT2D eigenvalue weighted by Crippen LogP contribution is 2.40. The lowest BCUT2D eigenvalue weighted by Gasteiger charge is -2.12. The lowest BCUT2D eigenvalue weighted by Crippen LogP contribution is -2.11. The van der Waals surface area contributed by atoms with Gasteiger partial charge in [-0.3, -0.25) is 0 Å². The van der Waals surface area contributed by atoms with Crippen LogP contribution in [0.1, 0.15) is 54.7 Å². The standard InChI is InChI=1S/C16H20N2O3/c1-2-12(19)7-8-18-14-9-11(16(20)21)5-6-13(14)17-15(18)10-3-4-10/h5-6,9-10,12,19H,2-4,7-8H2,1H3,(H,20,21). The molecular formula is C16H20N2O3. The van der Waals surface area contributed by atoms with Crippen molar-refractivity contribution in [3.63, 3.8) is 0 Å². The van der Waals surface area contributed by atoms with E-state index in [9.17, 15) is 9.90 Å². The summed E-state index contributed by atoms with van der Waals surface area (Å²) in [4.78, 5) is 15.8. The Hall–Kier alpha value is -1.88. The van der Waals surface area contributed by atoms with E-state index in [-0.39, 0.29) is 11.7 Å². The van der Waals surface area contributed by atoms with Gasteiger partial charge in [0.2, 0.25) is 0 Å². The molecule has 0 radical (unpaired) electrons. The first kappa shape index (κ1) is 14.1. The van der Waals surface area contributed by atoms with Crippen molar-refractivity contribution < 1.29 is 15.0 Å². The Morgan fingerprint density at radius 2 is 2.24 bits per heavy atom. The molecule has 1 aromatic carbocycles. The van der Waals surface area contributed by atoms with Crippen molar-refractivity contribution in [1.82, 2.24) is 9.55 Å². The maximum atomic E-state index is 11.2. The van der Waals surface area contributed by atoms with Crippen molar-refractivity contribution >= 4 is 17.0 Å². The Morgan fingerprint density at radius 3 is 2.86 bits per heavy atom. The van der Waals surface area contributed by atoms with Gasteiger partial charge in [-0.05, 0) is 43.9 Å². The smallest absolute Gasteiger partial charge is 0.335 e. The summed E-state index contributed by atoms with van der Waals surface area (Å²) in [5.74, 6) is 0.603. The van der Waals surface area contributed by atoms with Gasteiger partial charge in [-0.2, -0.15) is 0 Å². The van der Waals surface area contributed by atoms with E-state index >= 15 is 0 Å². The third-order valence-electron chi connectivity index (χ3n) is 4.12. The second kappa shape index (κ2) is 5.48. The molecule has 0 spiro atoms. The van der Waals surface area contributed by atoms with Gasteiger partial charge >= 0.3 is 5.97 Å². The van der Waals surface area contributed by atoms with E-state index in [2.05, 4.69) is 9.55 Å². The van der Waals surface area contributed by atoms with E-state index < -0.39 is 5.97 Å². The highest BCUT2D eigenvalue weighted by Gasteiger charge is 2.29. The summed E-state index contributed by atoms with van der Waals surface area (Å²) in [6.07, 6.45) is 3.36. The Balaban J connectivity index is 2.01. The molecule has 2 aromatic rings. The van der Waals surface area contributed by atoms with Crippen LogP contribution in [-0.4, -0.2) is 31.8 Å². The van der Waals surface area contributed by atoms with Crippen LogP contribution in [0.3, 0.4) is 0 Å². The van der Waals surface area contributed by atoms with E-state index in [0.29, 0.717) is 18.9 Å². The molecule has 0 amide bonds. The van der Waals surface area contributed by atoms with Crippen LogP contribution in [0.2, 0.25) is 0 Å². The van der Waals surface area contributed by atoms with E-state index in [0.717, 1.165) is 36.1 Å². The molecule has 5 nitrogen and oxygen atoms in total. The molecule has 1 aliphatic carbocycles. The molecule has 1 unspecified atom stereocenters. The molecule has 1 heterocycles. The van der Waals surface area contributed by atoms with Crippen molar-refractivity contribution in [2.75, 3.05) is 0 Å². The third kappa shape index (κ3) is 2.78. The predicted octanol–water partition coefficient (Wildman–Crippen LogP) is 2.77. The van der Waals surface area contributed by atoms with Gasteiger partial charge in [-0.15, -0.1) is 0 Å². The Bertz CT molecular complexity index is 673.